The lowest BCUT2D eigenvalue weighted by atomic mass is 10.0. The van der Waals surface area contributed by atoms with E-state index in [1.54, 1.807) is 36.4 Å². The second kappa shape index (κ2) is 8.48. The van der Waals surface area contributed by atoms with Gasteiger partial charge in [0.25, 0.3) is 0 Å². The van der Waals surface area contributed by atoms with Crippen molar-refractivity contribution in [2.45, 2.75) is 59.1 Å². The van der Waals surface area contributed by atoms with E-state index in [1.807, 2.05) is 27.7 Å². The summed E-state index contributed by atoms with van der Waals surface area (Å²) in [5.74, 6) is 0.532. The van der Waals surface area contributed by atoms with Gasteiger partial charge in [-0.25, -0.2) is 16.8 Å². The second-order valence-corrected chi connectivity index (χ2v) is 12.0. The fraction of sp³-hybridized carbons (Fsp3) is 0.250. The smallest absolute Gasteiger partial charge is 0.208 e. The molecule has 3 aromatic carbocycles. The molecule has 0 aliphatic heterocycles. The molecule has 0 saturated carbocycles. The van der Waals surface area contributed by atoms with E-state index in [4.69, 9.17) is 5.73 Å². The van der Waals surface area contributed by atoms with Crippen LogP contribution < -0.4 is 5.73 Å². The summed E-state index contributed by atoms with van der Waals surface area (Å²) in [6.45, 7) is 8.08. The maximum Gasteiger partial charge on any atom is 0.208 e. The van der Waals surface area contributed by atoms with E-state index < -0.39 is 19.7 Å². The monoisotopic (exact) mass is 457 g/mol. The summed E-state index contributed by atoms with van der Waals surface area (Å²) in [7, 11) is -7.89. The summed E-state index contributed by atoms with van der Waals surface area (Å²) in [4.78, 5) is -0.160. The van der Waals surface area contributed by atoms with Crippen molar-refractivity contribution in [2.75, 3.05) is 5.73 Å². The summed E-state index contributed by atoms with van der Waals surface area (Å²) < 4.78 is 52.6. The summed E-state index contributed by atoms with van der Waals surface area (Å²) in [6.07, 6.45) is 0. The van der Waals surface area contributed by atoms with Crippen LogP contribution in [0.3, 0.4) is 0 Å². The highest BCUT2D eigenvalue weighted by Gasteiger charge is 2.25. The molecule has 0 aromatic heterocycles. The van der Waals surface area contributed by atoms with E-state index in [9.17, 15) is 16.8 Å². The van der Waals surface area contributed by atoms with Crippen molar-refractivity contribution in [3.05, 3.63) is 77.9 Å². The van der Waals surface area contributed by atoms with Gasteiger partial charge in [0.05, 0.1) is 25.3 Å². The Morgan fingerprint density at radius 2 is 0.968 bits per heavy atom. The summed E-state index contributed by atoms with van der Waals surface area (Å²) in [5.41, 5.74) is 7.98. The molecule has 0 aliphatic carbocycles. The van der Waals surface area contributed by atoms with Crippen LogP contribution in [-0.2, 0) is 19.7 Å². The number of nitrogen functional groups attached to an aromatic ring is 1. The van der Waals surface area contributed by atoms with Crippen LogP contribution in [0, 0.1) is 0 Å². The molecule has 0 spiro atoms. The molecular weight excluding hydrogens is 430 g/mol. The van der Waals surface area contributed by atoms with Crippen molar-refractivity contribution in [1.29, 1.82) is 0 Å². The normalized spacial score (nSPS) is 12.5. The third-order valence-corrected chi connectivity index (χ3v) is 8.89. The molecule has 0 fully saturated rings. The van der Waals surface area contributed by atoms with Crippen molar-refractivity contribution < 1.29 is 16.8 Å². The molecule has 0 heterocycles. The topological polar surface area (TPSA) is 94.3 Å². The molecule has 0 aliphatic rings. The molecule has 0 bridgehead atoms. The molecule has 2 N–H and O–H groups in total. The van der Waals surface area contributed by atoms with Gasteiger partial charge in [0.1, 0.15) is 0 Å². The number of hydrogen-bond donors (Lipinski definition) is 1. The third-order valence-electron chi connectivity index (χ3n) is 5.30. The molecular formula is C24H27NO4S2. The van der Waals surface area contributed by atoms with Crippen LogP contribution in [-0.4, -0.2) is 16.8 Å². The lowest BCUT2D eigenvalue weighted by molar-refractivity contribution is 0.594. The Balaban J connectivity index is 2.06. The van der Waals surface area contributed by atoms with Gasteiger partial charge in [-0.2, -0.15) is 0 Å². The number of benzene rings is 3. The molecule has 0 amide bonds. The quantitative estimate of drug-likeness (QED) is 0.515. The minimum Gasteiger partial charge on any atom is -0.398 e. The molecule has 5 nitrogen and oxygen atoms in total. The molecule has 164 valence electrons. The molecule has 0 radical (unpaired) electrons. The first kappa shape index (κ1) is 23.0. The highest BCUT2D eigenvalue weighted by atomic mass is 32.2. The predicted molar refractivity (Wildman–Crippen MR) is 123 cm³/mol. The van der Waals surface area contributed by atoms with Gasteiger partial charge in [-0.05, 0) is 65.4 Å². The van der Waals surface area contributed by atoms with Crippen LogP contribution in [0.1, 0.15) is 50.7 Å². The number of hydrogen-bond acceptors (Lipinski definition) is 5. The average molecular weight is 458 g/mol. The van der Waals surface area contributed by atoms with Crippen molar-refractivity contribution in [3.8, 4) is 0 Å². The largest absolute Gasteiger partial charge is 0.398 e. The van der Waals surface area contributed by atoms with Crippen LogP contribution in [0.15, 0.2) is 86.3 Å². The van der Waals surface area contributed by atoms with Gasteiger partial charge in [0.15, 0.2) is 0 Å². The lowest BCUT2D eigenvalue weighted by Crippen LogP contribution is -2.09. The third kappa shape index (κ3) is 4.52. The number of nitrogens with two attached hydrogens (primary N) is 1. The fourth-order valence-electron chi connectivity index (χ4n) is 3.24. The summed E-state index contributed by atoms with van der Waals surface area (Å²) >= 11 is 0. The predicted octanol–water partition coefficient (Wildman–Crippen LogP) is 5.18. The summed E-state index contributed by atoms with van der Waals surface area (Å²) in [5, 5.41) is 0. The molecule has 0 saturated heterocycles. The van der Waals surface area contributed by atoms with Gasteiger partial charge in [-0.3, -0.25) is 0 Å². The minimum atomic E-state index is -3.98. The van der Waals surface area contributed by atoms with Gasteiger partial charge in [0.2, 0.25) is 19.7 Å². The zero-order valence-corrected chi connectivity index (χ0v) is 19.7. The highest BCUT2D eigenvalue weighted by Crippen LogP contribution is 2.31. The Morgan fingerprint density at radius 3 is 1.39 bits per heavy atom. The first-order valence-corrected chi connectivity index (χ1v) is 13.0. The first-order valence-electron chi connectivity index (χ1n) is 10.0. The Bertz CT molecular complexity index is 1290. The van der Waals surface area contributed by atoms with Crippen LogP contribution in [0.4, 0.5) is 5.69 Å². The number of anilines is 1. The number of sulfone groups is 2. The van der Waals surface area contributed by atoms with Gasteiger partial charge >= 0.3 is 0 Å². The Hall–Kier alpha value is -2.64. The van der Waals surface area contributed by atoms with Crippen LogP contribution in [0.25, 0.3) is 0 Å². The first-order chi connectivity index (χ1) is 14.4. The summed E-state index contributed by atoms with van der Waals surface area (Å²) in [6, 6.07) is 17.0. The van der Waals surface area contributed by atoms with E-state index in [-0.39, 0.29) is 37.1 Å². The van der Waals surface area contributed by atoms with Crippen LogP contribution in [0.5, 0.6) is 0 Å². The Kier molecular flexibility index (Phi) is 6.30. The zero-order chi connectivity index (χ0) is 23.0. The lowest BCUT2D eigenvalue weighted by Gasteiger charge is -2.12. The SMILES string of the molecule is CC(C)c1ccc(S(=O)(=O)c2ccc(N)c(S(=O)(=O)c3ccc(C(C)C)cc3)c2)cc1. The molecule has 0 atom stereocenters. The maximum absolute atomic E-state index is 13.2. The van der Waals surface area contributed by atoms with Gasteiger partial charge in [0, 0.05) is 0 Å². The Labute approximate surface area is 184 Å². The van der Waals surface area contributed by atoms with E-state index >= 15 is 0 Å². The van der Waals surface area contributed by atoms with Crippen LogP contribution >= 0.6 is 0 Å². The molecule has 3 aromatic rings. The van der Waals surface area contributed by atoms with Crippen molar-refractivity contribution in [2.24, 2.45) is 0 Å². The van der Waals surface area contributed by atoms with E-state index in [1.165, 1.54) is 24.3 Å². The molecule has 7 heteroatoms. The molecule has 0 unspecified atom stereocenters. The minimum absolute atomic E-state index is 0.00189. The van der Waals surface area contributed by atoms with Gasteiger partial charge in [-0.15, -0.1) is 0 Å². The second-order valence-electron chi connectivity index (χ2n) is 8.15. The van der Waals surface area contributed by atoms with Gasteiger partial charge < -0.3 is 5.73 Å². The Morgan fingerprint density at radius 1 is 0.581 bits per heavy atom. The van der Waals surface area contributed by atoms with Crippen molar-refractivity contribution in [1.82, 2.24) is 0 Å². The van der Waals surface area contributed by atoms with Crippen molar-refractivity contribution in [3.63, 3.8) is 0 Å². The fourth-order valence-corrected chi connectivity index (χ4v) is 6.01. The molecule has 3 rings (SSSR count). The molecule has 31 heavy (non-hydrogen) atoms. The van der Waals surface area contributed by atoms with E-state index in [0.717, 1.165) is 17.2 Å². The van der Waals surface area contributed by atoms with Crippen LogP contribution in [0.2, 0.25) is 0 Å². The standard InChI is InChI=1S/C24H27NO4S2/c1-16(2)18-5-9-20(10-6-18)30(26,27)22-13-14-23(25)24(15-22)31(28,29)21-11-7-19(8-12-21)17(3)4/h5-17H,25H2,1-4H3. The van der Waals surface area contributed by atoms with E-state index in [2.05, 4.69) is 0 Å². The van der Waals surface area contributed by atoms with Crippen molar-refractivity contribution >= 4 is 25.4 Å². The van der Waals surface area contributed by atoms with E-state index in [0.29, 0.717) is 0 Å². The number of rotatable bonds is 6. The maximum atomic E-state index is 13.2. The van der Waals surface area contributed by atoms with Gasteiger partial charge in [-0.1, -0.05) is 52.0 Å². The zero-order valence-electron chi connectivity index (χ0n) is 18.0. The average Bonchev–Trinajstić information content (AvgIpc) is 2.73. The highest BCUT2D eigenvalue weighted by molar-refractivity contribution is 7.92.